The molecule has 8 heavy (non-hydrogen) atoms. The number of halogens is 4. The third-order valence-electron chi connectivity index (χ3n) is 0.603. The van der Waals surface area contributed by atoms with Gasteiger partial charge < -0.3 is 0 Å². The predicted octanol–water partition coefficient (Wildman–Crippen LogP) is 2.54. The van der Waals surface area contributed by atoms with E-state index in [-0.39, 0.29) is 4.00 Å². The van der Waals surface area contributed by atoms with E-state index in [4.69, 9.17) is 46.6 Å². The highest BCUT2D eigenvalue weighted by atomic mass is 35.6. The van der Waals surface area contributed by atoms with E-state index in [1.807, 2.05) is 0 Å². The Morgan fingerprint density at radius 3 is 1.25 bits per heavy atom. The van der Waals surface area contributed by atoms with Crippen molar-refractivity contribution in [1.82, 2.24) is 0 Å². The summed E-state index contributed by atoms with van der Waals surface area (Å²) in [6.45, 7) is 0. The lowest BCUT2D eigenvalue weighted by Gasteiger charge is -2.25. The summed E-state index contributed by atoms with van der Waals surface area (Å²) in [5.74, 6) is 0. The van der Waals surface area contributed by atoms with E-state index >= 15 is 0 Å². The number of nitrogens with zero attached hydrogens (tertiary/aromatic N) is 1. The van der Waals surface area contributed by atoms with Gasteiger partial charge in [0.1, 0.15) is 0 Å². The number of quaternary nitrogens is 1. The van der Waals surface area contributed by atoms with Crippen molar-refractivity contribution in [3.05, 3.63) is 0 Å². The van der Waals surface area contributed by atoms with Gasteiger partial charge in [-0.05, 0) is 34.8 Å². The average Bonchev–Trinajstić information content (AvgIpc) is 1.25. The van der Waals surface area contributed by atoms with E-state index < -0.39 is 3.92 Å². The minimum Gasteiger partial charge on any atom is -0.183 e. The molecule has 0 bridgehead atoms. The summed E-state index contributed by atoms with van der Waals surface area (Å²) in [5, 5.41) is 0. The Balaban J connectivity index is 4.02. The van der Waals surface area contributed by atoms with E-state index in [0.717, 1.165) is 0 Å². The zero-order valence-electron chi connectivity index (χ0n) is 4.46. The third kappa shape index (κ3) is 2.60. The Bertz CT molecular complexity index is 66.3. The van der Waals surface area contributed by atoms with Crippen LogP contribution in [0.25, 0.3) is 0 Å². The maximum atomic E-state index is 5.55. The molecule has 0 aliphatic heterocycles. The van der Waals surface area contributed by atoms with Crippen LogP contribution >= 0.6 is 46.6 Å². The molecular formula is C3H6Cl4N+. The Hall–Kier alpha value is 1.12. The highest BCUT2D eigenvalue weighted by molar-refractivity contribution is 6.66. The fraction of sp³-hybridized carbons (Fsp3) is 1.00. The molecule has 0 aliphatic carbocycles. The molecule has 0 N–H and O–H groups in total. The van der Waals surface area contributed by atoms with Gasteiger partial charge in [-0.1, -0.05) is 0 Å². The fourth-order valence-electron chi connectivity index (χ4n) is 0. The molecule has 0 rings (SSSR count). The van der Waals surface area contributed by atoms with Crippen molar-refractivity contribution in [3.8, 4) is 0 Å². The largest absolute Gasteiger partial charge is 0.346 e. The summed E-state index contributed by atoms with van der Waals surface area (Å²) in [5.41, 5.74) is 0. The summed E-state index contributed by atoms with van der Waals surface area (Å²) in [6, 6.07) is 0. The zero-order valence-corrected chi connectivity index (χ0v) is 7.48. The molecule has 0 aromatic rings. The van der Waals surface area contributed by atoms with Crippen LogP contribution in [0.15, 0.2) is 0 Å². The number of alkyl halides is 3. The van der Waals surface area contributed by atoms with Gasteiger partial charge in [0.2, 0.25) is 0 Å². The SMILES string of the molecule is C[N+](C)(Cl)C(Cl)(Cl)Cl. The molecule has 5 heteroatoms. The Labute approximate surface area is 68.8 Å². The standard InChI is InChI=1S/C3H6Cl4N/c1-8(2,7)3(4,5)6/h1-2H3/q+1. The summed E-state index contributed by atoms with van der Waals surface area (Å²) >= 11 is 21.7. The van der Waals surface area contributed by atoms with Gasteiger partial charge in [0.15, 0.2) is 11.8 Å². The van der Waals surface area contributed by atoms with Crippen LogP contribution in [0.5, 0.6) is 0 Å². The lowest BCUT2D eigenvalue weighted by Crippen LogP contribution is -2.39. The first kappa shape index (κ1) is 9.12. The molecular weight excluding hydrogens is 192 g/mol. The van der Waals surface area contributed by atoms with Crippen LogP contribution in [-0.2, 0) is 0 Å². The van der Waals surface area contributed by atoms with Gasteiger partial charge in [-0.15, -0.1) is 0 Å². The van der Waals surface area contributed by atoms with Crippen molar-refractivity contribution < 1.29 is 4.00 Å². The van der Waals surface area contributed by atoms with E-state index in [1.54, 1.807) is 14.1 Å². The van der Waals surface area contributed by atoms with Gasteiger partial charge in [0.25, 0.3) is 0 Å². The van der Waals surface area contributed by atoms with Crippen LogP contribution in [0, 0.1) is 0 Å². The van der Waals surface area contributed by atoms with Crippen LogP contribution in [0.1, 0.15) is 0 Å². The number of hydrogen-bond acceptors (Lipinski definition) is 0. The lowest BCUT2D eigenvalue weighted by atomic mass is 11.0. The minimum absolute atomic E-state index is 0.211. The lowest BCUT2D eigenvalue weighted by molar-refractivity contribution is -0.782. The first-order chi connectivity index (χ1) is 3.25. The molecule has 0 aliphatic rings. The Morgan fingerprint density at radius 1 is 1.12 bits per heavy atom. The normalized spacial score (nSPS) is 14.2. The van der Waals surface area contributed by atoms with Crippen molar-refractivity contribution >= 4 is 46.6 Å². The highest BCUT2D eigenvalue weighted by Crippen LogP contribution is 2.36. The number of hydrogen-bond donors (Lipinski definition) is 0. The second-order valence-corrected chi connectivity index (χ2v) is 4.85. The Kier molecular flexibility index (Phi) is 2.73. The van der Waals surface area contributed by atoms with Crippen molar-refractivity contribution in [2.24, 2.45) is 0 Å². The summed E-state index contributed by atoms with van der Waals surface area (Å²) in [4.78, 5) is 0. The molecule has 0 spiro atoms. The van der Waals surface area contributed by atoms with Crippen LogP contribution in [0.2, 0.25) is 0 Å². The molecule has 0 atom stereocenters. The maximum Gasteiger partial charge on any atom is 0.346 e. The van der Waals surface area contributed by atoms with Gasteiger partial charge in [0, 0.05) is 0 Å². The zero-order chi connectivity index (χ0) is 7.00. The summed E-state index contributed by atoms with van der Waals surface area (Å²) in [7, 11) is 3.16. The first-order valence-corrected chi connectivity index (χ1v) is 3.33. The molecule has 0 heterocycles. The topological polar surface area (TPSA) is 0 Å². The van der Waals surface area contributed by atoms with Crippen molar-refractivity contribution in [1.29, 1.82) is 0 Å². The van der Waals surface area contributed by atoms with Crippen LogP contribution < -0.4 is 0 Å². The summed E-state index contributed by atoms with van der Waals surface area (Å²) < 4.78 is -1.65. The molecule has 0 saturated carbocycles. The molecule has 0 saturated heterocycles. The monoisotopic (exact) mass is 196 g/mol. The van der Waals surface area contributed by atoms with Gasteiger partial charge in [-0.2, -0.15) is 4.00 Å². The second kappa shape index (κ2) is 2.39. The maximum absolute atomic E-state index is 5.55. The van der Waals surface area contributed by atoms with Crippen molar-refractivity contribution in [2.45, 2.75) is 3.92 Å². The van der Waals surface area contributed by atoms with E-state index in [2.05, 4.69) is 0 Å². The van der Waals surface area contributed by atoms with Gasteiger partial charge in [0.05, 0.1) is 14.1 Å². The Morgan fingerprint density at radius 2 is 1.25 bits per heavy atom. The van der Waals surface area contributed by atoms with E-state index in [0.29, 0.717) is 0 Å². The second-order valence-electron chi connectivity index (χ2n) is 1.78. The minimum atomic E-state index is -1.44. The molecule has 0 fully saturated rings. The first-order valence-electron chi connectivity index (χ1n) is 1.85. The quantitative estimate of drug-likeness (QED) is 0.318. The summed E-state index contributed by atoms with van der Waals surface area (Å²) in [6.07, 6.45) is 0. The highest BCUT2D eigenvalue weighted by Gasteiger charge is 2.39. The smallest absolute Gasteiger partial charge is 0.183 e. The molecule has 1 nitrogen and oxygen atoms in total. The van der Waals surface area contributed by atoms with Crippen molar-refractivity contribution in [2.75, 3.05) is 14.1 Å². The van der Waals surface area contributed by atoms with Crippen LogP contribution in [0.3, 0.4) is 0 Å². The molecule has 0 amide bonds. The van der Waals surface area contributed by atoms with E-state index in [9.17, 15) is 0 Å². The molecule has 0 radical (unpaired) electrons. The molecule has 50 valence electrons. The molecule has 0 aromatic heterocycles. The van der Waals surface area contributed by atoms with Gasteiger partial charge in [-0.25, -0.2) is 0 Å². The van der Waals surface area contributed by atoms with E-state index in [1.165, 1.54) is 0 Å². The van der Waals surface area contributed by atoms with Gasteiger partial charge >= 0.3 is 3.92 Å². The average molecular weight is 198 g/mol. The predicted molar refractivity (Wildman–Crippen MR) is 38.3 cm³/mol. The van der Waals surface area contributed by atoms with Gasteiger partial charge in [-0.3, -0.25) is 0 Å². The van der Waals surface area contributed by atoms with Crippen LogP contribution in [-0.4, -0.2) is 22.0 Å². The number of rotatable bonds is 0. The molecule has 0 unspecified atom stereocenters. The van der Waals surface area contributed by atoms with Crippen LogP contribution in [0.4, 0.5) is 0 Å². The van der Waals surface area contributed by atoms with Crippen molar-refractivity contribution in [3.63, 3.8) is 0 Å². The third-order valence-corrected chi connectivity index (χ3v) is 2.38. The molecule has 0 aromatic carbocycles. The fourth-order valence-corrected chi connectivity index (χ4v) is 0.